The molecule has 0 aliphatic carbocycles. The van der Waals surface area contributed by atoms with Gasteiger partial charge in [0, 0.05) is 36.4 Å². The number of nitrogens with one attached hydrogen (secondary N) is 1. The van der Waals surface area contributed by atoms with E-state index in [-0.39, 0.29) is 28.2 Å². The first-order chi connectivity index (χ1) is 13.8. The van der Waals surface area contributed by atoms with E-state index < -0.39 is 17.6 Å². The summed E-state index contributed by atoms with van der Waals surface area (Å²) in [6.45, 7) is 1.58. The second kappa shape index (κ2) is 6.93. The van der Waals surface area contributed by atoms with Gasteiger partial charge >= 0.3 is 6.18 Å². The molecule has 0 atom stereocenters. The first kappa shape index (κ1) is 18.5. The SMILES string of the molecule is Cc1nc(-c2ncccn2)ncc1C(=O)Nn1cc(C(F)(F)F)c2cccnc21. The largest absolute Gasteiger partial charge is 0.418 e. The van der Waals surface area contributed by atoms with Crippen molar-refractivity contribution < 1.29 is 18.0 Å². The van der Waals surface area contributed by atoms with E-state index in [1.54, 1.807) is 13.0 Å². The summed E-state index contributed by atoms with van der Waals surface area (Å²) in [6.07, 6.45) is 1.88. The molecule has 1 amide bonds. The van der Waals surface area contributed by atoms with E-state index in [1.165, 1.54) is 36.9 Å². The molecular weight excluding hydrogens is 387 g/mol. The number of hydrogen-bond donors (Lipinski definition) is 1. The van der Waals surface area contributed by atoms with Crippen LogP contribution in [0.25, 0.3) is 22.7 Å². The Bertz CT molecular complexity index is 1210. The number of pyridine rings is 1. The Hall–Kier alpha value is -3.89. The number of hydrogen-bond acceptors (Lipinski definition) is 6. The van der Waals surface area contributed by atoms with Gasteiger partial charge in [0.2, 0.25) is 0 Å². The van der Waals surface area contributed by atoms with E-state index in [2.05, 4.69) is 30.3 Å². The zero-order chi connectivity index (χ0) is 20.6. The molecule has 0 bridgehead atoms. The zero-order valence-corrected chi connectivity index (χ0v) is 14.8. The summed E-state index contributed by atoms with van der Waals surface area (Å²) < 4.78 is 40.8. The number of aryl methyl sites for hydroxylation is 1. The number of alkyl halides is 3. The highest BCUT2D eigenvalue weighted by Gasteiger charge is 2.35. The number of amides is 1. The van der Waals surface area contributed by atoms with Gasteiger partial charge in [0.15, 0.2) is 17.3 Å². The Balaban J connectivity index is 1.67. The summed E-state index contributed by atoms with van der Waals surface area (Å²) in [5.41, 5.74) is 1.89. The lowest BCUT2D eigenvalue weighted by Gasteiger charge is -2.09. The minimum atomic E-state index is -4.59. The van der Waals surface area contributed by atoms with Gasteiger partial charge in [-0.2, -0.15) is 13.2 Å². The molecule has 0 fully saturated rings. The molecule has 146 valence electrons. The molecule has 11 heteroatoms. The van der Waals surface area contributed by atoms with Crippen LogP contribution in [0.2, 0.25) is 0 Å². The normalized spacial score (nSPS) is 11.6. The highest BCUT2D eigenvalue weighted by atomic mass is 19.4. The van der Waals surface area contributed by atoms with Crippen molar-refractivity contribution in [3.8, 4) is 11.6 Å². The van der Waals surface area contributed by atoms with E-state index in [9.17, 15) is 18.0 Å². The van der Waals surface area contributed by atoms with Gasteiger partial charge in [-0.15, -0.1) is 0 Å². The third kappa shape index (κ3) is 3.49. The maximum Gasteiger partial charge on any atom is 0.418 e. The van der Waals surface area contributed by atoms with Crippen LogP contribution < -0.4 is 5.43 Å². The van der Waals surface area contributed by atoms with Gasteiger partial charge in [-0.1, -0.05) is 0 Å². The third-order valence-corrected chi connectivity index (χ3v) is 4.08. The third-order valence-electron chi connectivity index (χ3n) is 4.08. The fourth-order valence-corrected chi connectivity index (χ4v) is 2.75. The lowest BCUT2D eigenvalue weighted by atomic mass is 10.2. The molecule has 0 aliphatic heterocycles. The molecule has 4 rings (SSSR count). The molecule has 0 aromatic carbocycles. The van der Waals surface area contributed by atoms with Crippen LogP contribution in [-0.2, 0) is 6.18 Å². The predicted octanol–water partition coefficient (Wildman–Crippen LogP) is 2.99. The van der Waals surface area contributed by atoms with Gasteiger partial charge in [-0.05, 0) is 25.1 Å². The van der Waals surface area contributed by atoms with Crippen LogP contribution in [0.5, 0.6) is 0 Å². The number of carbonyl (C=O) groups is 1. The Morgan fingerprint density at radius 3 is 2.45 bits per heavy atom. The molecule has 0 saturated carbocycles. The Morgan fingerprint density at radius 1 is 1.03 bits per heavy atom. The van der Waals surface area contributed by atoms with Gasteiger partial charge in [0.25, 0.3) is 5.91 Å². The van der Waals surface area contributed by atoms with E-state index >= 15 is 0 Å². The van der Waals surface area contributed by atoms with Gasteiger partial charge in [0.1, 0.15) is 0 Å². The molecule has 0 aliphatic rings. The maximum absolute atomic E-state index is 13.3. The standard InChI is InChI=1S/C18H12F3N7O/c1-10-12(8-25-15(26-10)14-22-6-3-7-23-14)17(29)27-28-9-13(18(19,20)21)11-4-2-5-24-16(11)28/h2-9H,1H3,(H,27,29). The molecule has 0 unspecified atom stereocenters. The van der Waals surface area contributed by atoms with Gasteiger partial charge in [-0.25, -0.2) is 29.6 Å². The average Bonchev–Trinajstić information content (AvgIpc) is 3.07. The molecule has 1 N–H and O–H groups in total. The number of fused-ring (bicyclic) bond motifs is 1. The molecule has 4 aromatic heterocycles. The zero-order valence-electron chi connectivity index (χ0n) is 14.8. The van der Waals surface area contributed by atoms with E-state index in [4.69, 9.17) is 0 Å². The van der Waals surface area contributed by atoms with Crippen molar-refractivity contribution >= 4 is 16.9 Å². The summed E-state index contributed by atoms with van der Waals surface area (Å²) in [5.74, 6) is -0.163. The number of halogens is 3. The number of carbonyl (C=O) groups excluding carboxylic acids is 1. The van der Waals surface area contributed by atoms with Crippen LogP contribution in [0.3, 0.4) is 0 Å². The lowest BCUT2D eigenvalue weighted by Crippen LogP contribution is -2.24. The van der Waals surface area contributed by atoms with Crippen LogP contribution in [0.1, 0.15) is 21.6 Å². The van der Waals surface area contributed by atoms with Crippen molar-refractivity contribution in [1.29, 1.82) is 0 Å². The first-order valence-electron chi connectivity index (χ1n) is 8.30. The van der Waals surface area contributed by atoms with Crippen molar-refractivity contribution in [3.63, 3.8) is 0 Å². The Kier molecular flexibility index (Phi) is 4.41. The number of nitrogens with zero attached hydrogens (tertiary/aromatic N) is 6. The van der Waals surface area contributed by atoms with Crippen LogP contribution in [0.15, 0.2) is 49.2 Å². The second-order valence-corrected chi connectivity index (χ2v) is 5.99. The summed E-state index contributed by atoms with van der Waals surface area (Å²) in [6, 6.07) is 4.33. The predicted molar refractivity (Wildman–Crippen MR) is 96.2 cm³/mol. The minimum absolute atomic E-state index is 0.0268. The van der Waals surface area contributed by atoms with Crippen molar-refractivity contribution in [2.75, 3.05) is 5.43 Å². The summed E-state index contributed by atoms with van der Waals surface area (Å²) in [5, 5.41) is -0.121. The van der Waals surface area contributed by atoms with Gasteiger partial charge in [-0.3, -0.25) is 10.2 Å². The molecule has 0 saturated heterocycles. The van der Waals surface area contributed by atoms with E-state index in [0.29, 0.717) is 5.69 Å². The highest BCUT2D eigenvalue weighted by molar-refractivity contribution is 6.01. The van der Waals surface area contributed by atoms with E-state index in [1.807, 2.05) is 0 Å². The second-order valence-electron chi connectivity index (χ2n) is 5.99. The van der Waals surface area contributed by atoms with Crippen LogP contribution in [-0.4, -0.2) is 35.5 Å². The number of rotatable bonds is 3. The van der Waals surface area contributed by atoms with Crippen LogP contribution in [0.4, 0.5) is 13.2 Å². The number of aromatic nitrogens is 6. The van der Waals surface area contributed by atoms with Crippen molar-refractivity contribution in [2.45, 2.75) is 13.1 Å². The Labute approximate surface area is 161 Å². The minimum Gasteiger partial charge on any atom is -0.267 e. The molecule has 4 heterocycles. The van der Waals surface area contributed by atoms with Gasteiger partial charge < -0.3 is 0 Å². The highest BCUT2D eigenvalue weighted by Crippen LogP contribution is 2.35. The lowest BCUT2D eigenvalue weighted by molar-refractivity contribution is -0.136. The molecule has 29 heavy (non-hydrogen) atoms. The van der Waals surface area contributed by atoms with Crippen molar-refractivity contribution in [1.82, 2.24) is 29.6 Å². The van der Waals surface area contributed by atoms with Crippen molar-refractivity contribution in [3.05, 3.63) is 66.0 Å². The molecular formula is C18H12F3N7O. The van der Waals surface area contributed by atoms with Crippen LogP contribution in [0, 0.1) is 6.92 Å². The molecule has 0 radical (unpaired) electrons. The Morgan fingerprint density at radius 2 is 1.76 bits per heavy atom. The summed E-state index contributed by atoms with van der Waals surface area (Å²) in [7, 11) is 0. The summed E-state index contributed by atoms with van der Waals surface area (Å²) in [4.78, 5) is 32.9. The monoisotopic (exact) mass is 399 g/mol. The van der Waals surface area contributed by atoms with E-state index in [0.717, 1.165) is 10.9 Å². The topological polar surface area (TPSA) is 98.5 Å². The first-order valence-corrected chi connectivity index (χ1v) is 8.30. The quantitative estimate of drug-likeness (QED) is 0.569. The molecule has 4 aromatic rings. The smallest absolute Gasteiger partial charge is 0.267 e. The van der Waals surface area contributed by atoms with Crippen LogP contribution >= 0.6 is 0 Å². The average molecular weight is 399 g/mol. The fraction of sp³-hybridized carbons (Fsp3) is 0.111. The molecule has 8 nitrogen and oxygen atoms in total. The van der Waals surface area contributed by atoms with Crippen molar-refractivity contribution in [2.24, 2.45) is 0 Å². The maximum atomic E-state index is 13.3. The fourth-order valence-electron chi connectivity index (χ4n) is 2.75. The summed E-state index contributed by atoms with van der Waals surface area (Å²) >= 11 is 0. The molecule has 0 spiro atoms. The van der Waals surface area contributed by atoms with Gasteiger partial charge in [0.05, 0.1) is 16.8 Å².